The number of rotatable bonds is 6. The zero-order valence-corrected chi connectivity index (χ0v) is 19.6. The number of nitrogens with zero attached hydrogens (tertiary/aromatic N) is 2. The molecule has 1 aromatic heterocycles. The summed E-state index contributed by atoms with van der Waals surface area (Å²) in [5.74, 6) is -0.751. The first-order valence-electron chi connectivity index (χ1n) is 11.6. The summed E-state index contributed by atoms with van der Waals surface area (Å²) in [5.41, 5.74) is 5.15. The number of amides is 1. The molecular formula is C30H23F2N3O. The molecule has 178 valence electrons. The van der Waals surface area contributed by atoms with Crippen molar-refractivity contribution in [3.05, 3.63) is 120 Å². The minimum absolute atomic E-state index is 0.166. The van der Waals surface area contributed by atoms with E-state index in [1.54, 1.807) is 42.5 Å². The van der Waals surface area contributed by atoms with Gasteiger partial charge in [0, 0.05) is 23.2 Å². The van der Waals surface area contributed by atoms with Crippen LogP contribution in [0.2, 0.25) is 0 Å². The number of halogens is 2. The van der Waals surface area contributed by atoms with Crippen molar-refractivity contribution in [1.29, 1.82) is 0 Å². The third-order valence-corrected chi connectivity index (χ3v) is 6.10. The number of hydrogen-bond donors (Lipinski definition) is 1. The molecule has 0 aliphatic rings. The van der Waals surface area contributed by atoms with E-state index in [0.29, 0.717) is 45.7 Å². The van der Waals surface area contributed by atoms with Crippen molar-refractivity contribution in [3.63, 3.8) is 0 Å². The maximum atomic E-state index is 13.6. The Morgan fingerprint density at radius 3 is 1.89 bits per heavy atom. The lowest BCUT2D eigenvalue weighted by Gasteiger charge is -2.14. The molecule has 0 unspecified atom stereocenters. The average Bonchev–Trinajstić information content (AvgIpc) is 2.92. The van der Waals surface area contributed by atoms with E-state index < -0.39 is 0 Å². The van der Waals surface area contributed by atoms with Crippen LogP contribution in [-0.4, -0.2) is 22.4 Å². The second-order valence-electron chi connectivity index (χ2n) is 8.66. The molecule has 1 amide bonds. The van der Waals surface area contributed by atoms with Gasteiger partial charge >= 0.3 is 0 Å². The van der Waals surface area contributed by atoms with Gasteiger partial charge in [-0.25, -0.2) is 18.7 Å². The summed E-state index contributed by atoms with van der Waals surface area (Å²) >= 11 is 0. The highest BCUT2D eigenvalue weighted by Gasteiger charge is 2.16. The molecule has 0 saturated heterocycles. The topological polar surface area (TPSA) is 54.9 Å². The number of nitrogens with one attached hydrogen (secondary N) is 1. The maximum absolute atomic E-state index is 13.6. The zero-order chi connectivity index (χ0) is 25.1. The van der Waals surface area contributed by atoms with Crippen LogP contribution < -0.4 is 5.32 Å². The minimum atomic E-state index is -0.362. The van der Waals surface area contributed by atoms with Gasteiger partial charge in [-0.1, -0.05) is 37.3 Å². The Hall–Kier alpha value is -4.45. The molecule has 0 saturated carbocycles. The van der Waals surface area contributed by atoms with E-state index >= 15 is 0 Å². The van der Waals surface area contributed by atoms with Crippen molar-refractivity contribution in [2.45, 2.75) is 12.8 Å². The van der Waals surface area contributed by atoms with Crippen molar-refractivity contribution in [2.24, 2.45) is 0 Å². The van der Waals surface area contributed by atoms with Crippen LogP contribution in [-0.2, 0) is 0 Å². The van der Waals surface area contributed by atoms with Gasteiger partial charge < -0.3 is 5.32 Å². The molecule has 1 atom stereocenters. The average molecular weight is 480 g/mol. The molecule has 5 aromatic rings. The van der Waals surface area contributed by atoms with Gasteiger partial charge in [0.1, 0.15) is 11.6 Å². The van der Waals surface area contributed by atoms with Gasteiger partial charge in [0.05, 0.1) is 22.4 Å². The molecule has 0 fully saturated rings. The predicted octanol–water partition coefficient (Wildman–Crippen LogP) is 6.78. The fourth-order valence-corrected chi connectivity index (χ4v) is 4.06. The first-order chi connectivity index (χ1) is 17.5. The third-order valence-electron chi connectivity index (χ3n) is 6.10. The van der Waals surface area contributed by atoms with E-state index in [1.165, 1.54) is 24.3 Å². The fraction of sp³-hybridized carbons (Fsp3) is 0.100. The molecule has 1 heterocycles. The lowest BCUT2D eigenvalue weighted by Crippen LogP contribution is -2.27. The number of fused-ring (bicyclic) bond motifs is 1. The molecule has 4 aromatic carbocycles. The molecular weight excluding hydrogens is 456 g/mol. The highest BCUT2D eigenvalue weighted by atomic mass is 19.1. The smallest absolute Gasteiger partial charge is 0.251 e. The summed E-state index contributed by atoms with van der Waals surface area (Å²) in [7, 11) is 0. The van der Waals surface area contributed by atoms with Crippen LogP contribution in [0.25, 0.3) is 33.5 Å². The predicted molar refractivity (Wildman–Crippen MR) is 138 cm³/mol. The molecule has 4 nitrogen and oxygen atoms in total. The monoisotopic (exact) mass is 479 g/mol. The molecule has 0 bridgehead atoms. The molecule has 6 heteroatoms. The molecule has 1 N–H and O–H groups in total. The van der Waals surface area contributed by atoms with Crippen LogP contribution in [0.15, 0.2) is 97.1 Å². The summed E-state index contributed by atoms with van der Waals surface area (Å²) in [6.07, 6.45) is 0. The van der Waals surface area contributed by atoms with Crippen molar-refractivity contribution in [1.82, 2.24) is 15.3 Å². The molecule has 0 aliphatic heterocycles. The van der Waals surface area contributed by atoms with Crippen molar-refractivity contribution in [3.8, 4) is 22.5 Å². The van der Waals surface area contributed by atoms with Crippen LogP contribution in [0.5, 0.6) is 0 Å². The Morgan fingerprint density at radius 2 is 1.31 bits per heavy atom. The number of aromatic nitrogens is 2. The number of benzene rings is 4. The van der Waals surface area contributed by atoms with E-state index in [-0.39, 0.29) is 23.5 Å². The minimum Gasteiger partial charge on any atom is -0.351 e. The largest absolute Gasteiger partial charge is 0.351 e. The number of hydrogen-bond acceptors (Lipinski definition) is 3. The van der Waals surface area contributed by atoms with Gasteiger partial charge in [0.25, 0.3) is 5.91 Å². The summed E-state index contributed by atoms with van der Waals surface area (Å²) in [4.78, 5) is 22.5. The van der Waals surface area contributed by atoms with E-state index in [4.69, 9.17) is 9.97 Å². The van der Waals surface area contributed by atoms with Crippen molar-refractivity contribution < 1.29 is 13.6 Å². The highest BCUT2D eigenvalue weighted by molar-refractivity contribution is 5.98. The van der Waals surface area contributed by atoms with E-state index in [1.807, 2.05) is 30.3 Å². The molecule has 5 rings (SSSR count). The first-order valence-corrected chi connectivity index (χ1v) is 11.6. The standard InChI is InChI=1S/C30H23F2N3O/c1-19(20-5-3-2-4-6-20)18-33-30(36)23-11-16-26-27(17-23)35-29(22-9-14-25(32)15-10-22)28(34-26)21-7-12-24(31)13-8-21/h2-17,19H,18H2,1H3,(H,33,36)/t19-/m1/s1. The summed E-state index contributed by atoms with van der Waals surface area (Å²) in [6, 6.07) is 27.1. The van der Waals surface area contributed by atoms with Gasteiger partial charge in [0.15, 0.2) is 0 Å². The Kier molecular flexibility index (Phi) is 6.50. The fourth-order valence-electron chi connectivity index (χ4n) is 4.06. The number of carbonyl (C=O) groups is 1. The normalized spacial score (nSPS) is 11.9. The Balaban J connectivity index is 1.49. The summed E-state index contributed by atoms with van der Waals surface area (Å²) in [5, 5.41) is 2.99. The molecule has 0 radical (unpaired) electrons. The maximum Gasteiger partial charge on any atom is 0.251 e. The first kappa shape index (κ1) is 23.3. The van der Waals surface area contributed by atoms with Crippen molar-refractivity contribution in [2.75, 3.05) is 6.54 Å². The molecule has 0 aliphatic carbocycles. The lowest BCUT2D eigenvalue weighted by molar-refractivity contribution is 0.0951. The second-order valence-corrected chi connectivity index (χ2v) is 8.66. The van der Waals surface area contributed by atoms with Crippen LogP contribution in [0, 0.1) is 11.6 Å². The highest BCUT2D eigenvalue weighted by Crippen LogP contribution is 2.31. The van der Waals surface area contributed by atoms with Crippen LogP contribution in [0.4, 0.5) is 8.78 Å². The zero-order valence-electron chi connectivity index (χ0n) is 19.6. The SMILES string of the molecule is C[C@H](CNC(=O)c1ccc2nc(-c3ccc(F)cc3)c(-c3ccc(F)cc3)nc2c1)c1ccccc1. The van der Waals surface area contributed by atoms with Gasteiger partial charge in [-0.15, -0.1) is 0 Å². The van der Waals surface area contributed by atoms with E-state index in [2.05, 4.69) is 12.2 Å². The molecule has 36 heavy (non-hydrogen) atoms. The quantitative estimate of drug-likeness (QED) is 0.292. The Morgan fingerprint density at radius 1 is 0.750 bits per heavy atom. The summed E-state index contributed by atoms with van der Waals surface area (Å²) in [6.45, 7) is 2.56. The van der Waals surface area contributed by atoms with Gasteiger partial charge in [0.2, 0.25) is 0 Å². The van der Waals surface area contributed by atoms with Crippen LogP contribution >= 0.6 is 0 Å². The lowest BCUT2D eigenvalue weighted by atomic mass is 10.0. The second kappa shape index (κ2) is 10.0. The van der Waals surface area contributed by atoms with Gasteiger partial charge in [-0.05, 0) is 78.2 Å². The van der Waals surface area contributed by atoms with Crippen LogP contribution in [0.1, 0.15) is 28.8 Å². The Bertz CT molecular complexity index is 1520. The van der Waals surface area contributed by atoms with Crippen molar-refractivity contribution >= 4 is 16.9 Å². The van der Waals surface area contributed by atoms with E-state index in [9.17, 15) is 13.6 Å². The van der Waals surface area contributed by atoms with Crippen LogP contribution in [0.3, 0.4) is 0 Å². The van der Waals surface area contributed by atoms with Gasteiger partial charge in [-0.3, -0.25) is 4.79 Å². The number of carbonyl (C=O) groups excluding carboxylic acids is 1. The van der Waals surface area contributed by atoms with E-state index in [0.717, 1.165) is 5.56 Å². The summed E-state index contributed by atoms with van der Waals surface area (Å²) < 4.78 is 27.1. The molecule has 0 spiro atoms. The van der Waals surface area contributed by atoms with Gasteiger partial charge in [-0.2, -0.15) is 0 Å². The Labute approximate surface area is 207 Å². The third kappa shape index (κ3) is 4.98.